The molecule has 0 spiro atoms. The summed E-state index contributed by atoms with van der Waals surface area (Å²) in [5, 5.41) is 0. The molecule has 1 aliphatic heterocycles. The molecular weight excluding hydrogens is 160 g/mol. The van der Waals surface area contributed by atoms with E-state index in [0.717, 1.165) is 13.1 Å². The Morgan fingerprint density at radius 2 is 2.00 bits per heavy atom. The molecule has 0 unspecified atom stereocenters. The fourth-order valence-electron chi connectivity index (χ4n) is 1.79. The van der Waals surface area contributed by atoms with Crippen molar-refractivity contribution in [1.29, 1.82) is 0 Å². The van der Waals surface area contributed by atoms with Crippen molar-refractivity contribution in [3.63, 3.8) is 0 Å². The van der Waals surface area contributed by atoms with Crippen LogP contribution in [-0.2, 0) is 0 Å². The number of hydrogen-bond donors (Lipinski definition) is 0. The first kappa shape index (κ1) is 10.6. The average Bonchev–Trinajstić information content (AvgIpc) is 2.09. The molecule has 0 radical (unpaired) electrons. The van der Waals surface area contributed by atoms with Crippen molar-refractivity contribution in [2.24, 2.45) is 0 Å². The van der Waals surface area contributed by atoms with E-state index in [1.54, 1.807) is 0 Å². The largest absolute Gasteiger partial charge is 0.297 e. The molecule has 0 aromatic heterocycles. The maximum atomic E-state index is 5.50. The van der Waals surface area contributed by atoms with Gasteiger partial charge in [0.1, 0.15) is 0 Å². The van der Waals surface area contributed by atoms with Gasteiger partial charge in [0.2, 0.25) is 0 Å². The number of hydrogen-bond acceptors (Lipinski definition) is 2. The Bertz CT molecular complexity index is 205. The molecule has 1 aliphatic rings. The van der Waals surface area contributed by atoms with Crippen LogP contribution in [0.5, 0.6) is 0 Å². The summed E-state index contributed by atoms with van der Waals surface area (Å²) in [7, 11) is 2.12. The molecule has 74 valence electrons. The van der Waals surface area contributed by atoms with Gasteiger partial charge in [-0.25, -0.2) is 0 Å². The third-order valence-corrected chi connectivity index (χ3v) is 3.02. The predicted molar refractivity (Wildman–Crippen MR) is 56.6 cm³/mol. The molecule has 1 fully saturated rings. The number of terminal acetylenes is 1. The monoisotopic (exact) mass is 180 g/mol. The Kier molecular flexibility index (Phi) is 3.35. The van der Waals surface area contributed by atoms with Crippen LogP contribution in [0, 0.1) is 12.3 Å². The van der Waals surface area contributed by atoms with Crippen molar-refractivity contribution in [1.82, 2.24) is 9.80 Å². The van der Waals surface area contributed by atoms with E-state index in [1.807, 2.05) is 0 Å². The summed E-state index contributed by atoms with van der Waals surface area (Å²) in [6.07, 6.45) is 5.50. The molecule has 2 nitrogen and oxygen atoms in total. The van der Waals surface area contributed by atoms with E-state index < -0.39 is 0 Å². The molecule has 0 aliphatic carbocycles. The summed E-state index contributed by atoms with van der Waals surface area (Å²) in [5.41, 5.74) is 0. The van der Waals surface area contributed by atoms with Gasteiger partial charge in [0.05, 0.1) is 6.04 Å². The highest BCUT2D eigenvalue weighted by Gasteiger charge is 2.28. The first-order valence-corrected chi connectivity index (χ1v) is 4.98. The van der Waals surface area contributed by atoms with Gasteiger partial charge in [0.25, 0.3) is 0 Å². The smallest absolute Gasteiger partial charge is 0.0841 e. The van der Waals surface area contributed by atoms with E-state index in [1.165, 1.54) is 0 Å². The third-order valence-electron chi connectivity index (χ3n) is 3.02. The van der Waals surface area contributed by atoms with Crippen molar-refractivity contribution in [3.8, 4) is 12.3 Å². The predicted octanol–water partition coefficient (Wildman–Crippen LogP) is 1.03. The Morgan fingerprint density at radius 3 is 2.46 bits per heavy atom. The molecule has 1 rings (SSSR count). The minimum Gasteiger partial charge on any atom is -0.297 e. The first-order chi connectivity index (χ1) is 6.06. The van der Waals surface area contributed by atoms with Crippen LogP contribution in [0.25, 0.3) is 0 Å². The number of likely N-dealkylation sites (N-methyl/N-ethyl adjacent to an activating group) is 1. The summed E-state index contributed by atoms with van der Waals surface area (Å²) in [6.45, 7) is 8.83. The summed E-state index contributed by atoms with van der Waals surface area (Å²) < 4.78 is 0. The molecule has 0 saturated carbocycles. The second-order valence-corrected chi connectivity index (χ2v) is 4.24. The zero-order chi connectivity index (χ0) is 10.0. The molecule has 0 N–H and O–H groups in total. The Labute approximate surface area is 81.9 Å². The van der Waals surface area contributed by atoms with Crippen LogP contribution < -0.4 is 0 Å². The van der Waals surface area contributed by atoms with Crippen molar-refractivity contribution < 1.29 is 0 Å². The SMILES string of the molecule is C#C[C@H]1CN(C(C)C)C[C@@H](C)N1C. The summed E-state index contributed by atoms with van der Waals surface area (Å²) in [6, 6.07) is 1.45. The lowest BCUT2D eigenvalue weighted by molar-refractivity contribution is 0.0575. The van der Waals surface area contributed by atoms with E-state index >= 15 is 0 Å². The van der Waals surface area contributed by atoms with Gasteiger partial charge in [0, 0.05) is 25.2 Å². The van der Waals surface area contributed by atoms with E-state index in [-0.39, 0.29) is 6.04 Å². The molecule has 0 aromatic rings. The van der Waals surface area contributed by atoms with Crippen LogP contribution in [0.4, 0.5) is 0 Å². The van der Waals surface area contributed by atoms with Crippen molar-refractivity contribution in [2.75, 3.05) is 20.1 Å². The number of rotatable bonds is 1. The molecule has 2 atom stereocenters. The highest BCUT2D eigenvalue weighted by molar-refractivity contribution is 5.04. The highest BCUT2D eigenvalue weighted by Crippen LogP contribution is 2.15. The van der Waals surface area contributed by atoms with Gasteiger partial charge < -0.3 is 0 Å². The van der Waals surface area contributed by atoms with Crippen molar-refractivity contribution in [3.05, 3.63) is 0 Å². The van der Waals surface area contributed by atoms with Gasteiger partial charge in [0.15, 0.2) is 0 Å². The average molecular weight is 180 g/mol. The highest BCUT2D eigenvalue weighted by atomic mass is 15.3. The number of nitrogens with zero attached hydrogens (tertiary/aromatic N) is 2. The fourth-order valence-corrected chi connectivity index (χ4v) is 1.79. The van der Waals surface area contributed by atoms with E-state index in [0.29, 0.717) is 12.1 Å². The van der Waals surface area contributed by atoms with Crippen LogP contribution in [0.2, 0.25) is 0 Å². The third kappa shape index (κ3) is 2.24. The summed E-state index contributed by atoms with van der Waals surface area (Å²) in [4.78, 5) is 4.74. The molecule has 0 aromatic carbocycles. The van der Waals surface area contributed by atoms with E-state index in [2.05, 4.69) is 43.5 Å². The lowest BCUT2D eigenvalue weighted by atomic mass is 10.1. The second-order valence-electron chi connectivity index (χ2n) is 4.24. The van der Waals surface area contributed by atoms with E-state index in [9.17, 15) is 0 Å². The van der Waals surface area contributed by atoms with E-state index in [4.69, 9.17) is 6.42 Å². The Morgan fingerprint density at radius 1 is 1.38 bits per heavy atom. The van der Waals surface area contributed by atoms with Gasteiger partial charge in [-0.05, 0) is 27.8 Å². The van der Waals surface area contributed by atoms with Crippen LogP contribution in [0.3, 0.4) is 0 Å². The number of piperazine rings is 1. The van der Waals surface area contributed by atoms with Crippen LogP contribution in [-0.4, -0.2) is 48.1 Å². The lowest BCUT2D eigenvalue weighted by Crippen LogP contribution is -2.57. The normalized spacial score (nSPS) is 32.0. The zero-order valence-corrected chi connectivity index (χ0v) is 9.12. The molecule has 0 amide bonds. The van der Waals surface area contributed by atoms with Crippen molar-refractivity contribution in [2.45, 2.75) is 38.9 Å². The Hall–Kier alpha value is -0.520. The van der Waals surface area contributed by atoms with Gasteiger partial charge >= 0.3 is 0 Å². The minimum atomic E-state index is 0.283. The summed E-state index contributed by atoms with van der Waals surface area (Å²) >= 11 is 0. The van der Waals surface area contributed by atoms with Crippen LogP contribution >= 0.6 is 0 Å². The lowest BCUT2D eigenvalue weighted by Gasteiger charge is -2.43. The topological polar surface area (TPSA) is 6.48 Å². The molecule has 1 heterocycles. The molecule has 13 heavy (non-hydrogen) atoms. The van der Waals surface area contributed by atoms with Gasteiger partial charge in [-0.1, -0.05) is 5.92 Å². The fraction of sp³-hybridized carbons (Fsp3) is 0.818. The maximum absolute atomic E-state index is 5.50. The Balaban J connectivity index is 2.65. The minimum absolute atomic E-state index is 0.283. The molecule has 0 bridgehead atoms. The molecule has 2 heteroatoms. The van der Waals surface area contributed by atoms with Gasteiger partial charge in [-0.3, -0.25) is 9.80 Å². The summed E-state index contributed by atoms with van der Waals surface area (Å²) in [5.74, 6) is 2.85. The first-order valence-electron chi connectivity index (χ1n) is 4.98. The second kappa shape index (κ2) is 4.13. The maximum Gasteiger partial charge on any atom is 0.0841 e. The van der Waals surface area contributed by atoms with Crippen LogP contribution in [0.1, 0.15) is 20.8 Å². The standard InChI is InChI=1S/C11H20N2/c1-6-11-8-13(9(2)3)7-10(4)12(11)5/h1,9-11H,7-8H2,2-5H3/t10-,11+/m1/s1. The van der Waals surface area contributed by atoms with Gasteiger partial charge in [-0.15, -0.1) is 6.42 Å². The quantitative estimate of drug-likeness (QED) is 0.556. The molecular formula is C11H20N2. The molecule has 1 saturated heterocycles. The zero-order valence-electron chi connectivity index (χ0n) is 9.12. The van der Waals surface area contributed by atoms with Gasteiger partial charge in [-0.2, -0.15) is 0 Å². The van der Waals surface area contributed by atoms with Crippen molar-refractivity contribution >= 4 is 0 Å². The van der Waals surface area contributed by atoms with Crippen LogP contribution in [0.15, 0.2) is 0 Å².